The van der Waals surface area contributed by atoms with Crippen molar-refractivity contribution in [3.63, 3.8) is 0 Å². The molecule has 1 aromatic carbocycles. The molecular weight excluding hydrogens is 426 g/mol. The van der Waals surface area contributed by atoms with Crippen LogP contribution in [-0.4, -0.2) is 16.1 Å². The van der Waals surface area contributed by atoms with Crippen LogP contribution in [0, 0.1) is 29.6 Å². The number of pyridine rings is 1. The van der Waals surface area contributed by atoms with Gasteiger partial charge in [0.25, 0.3) is 0 Å². The van der Waals surface area contributed by atoms with E-state index in [1.165, 1.54) is 17.3 Å². The number of aryl methyl sites for hydroxylation is 1. The number of aromatic nitrogens is 1. The molecule has 1 amide bonds. The van der Waals surface area contributed by atoms with E-state index in [1.807, 2.05) is 32.0 Å². The van der Waals surface area contributed by atoms with Crippen LogP contribution in [0.4, 0.5) is 5.69 Å². The molecule has 4 nitrogen and oxygen atoms in total. The predicted octanol–water partition coefficient (Wildman–Crippen LogP) is 6.58. The van der Waals surface area contributed by atoms with E-state index in [0.29, 0.717) is 33.6 Å². The maximum absolute atomic E-state index is 13.0. The quantitative estimate of drug-likeness (QED) is 0.517. The molecule has 0 radical (unpaired) electrons. The number of amides is 1. The Morgan fingerprint density at radius 3 is 2.81 bits per heavy atom. The zero-order valence-corrected chi connectivity index (χ0v) is 20.5. The van der Waals surface area contributed by atoms with Gasteiger partial charge in [0.05, 0.1) is 10.8 Å². The van der Waals surface area contributed by atoms with Gasteiger partial charge < -0.3 is 5.32 Å². The molecular formula is C25H30ClN3OS. The molecule has 0 aliphatic heterocycles. The van der Waals surface area contributed by atoms with Crippen molar-refractivity contribution in [3.8, 4) is 6.07 Å². The van der Waals surface area contributed by atoms with Crippen molar-refractivity contribution in [2.45, 2.75) is 70.6 Å². The SMILES string of the molecule is CCC(Sc1nc2c(cc1C#N)CC(C(C)(C)C)CC2)C(=O)Nc1cccc(Cl)c1C. The fourth-order valence-corrected chi connectivity index (χ4v) is 5.14. The number of thioether (sulfide) groups is 1. The number of benzene rings is 1. The third-order valence-corrected chi connectivity index (χ3v) is 7.92. The minimum atomic E-state index is -0.345. The van der Waals surface area contributed by atoms with Crippen LogP contribution < -0.4 is 5.32 Å². The number of hydrogen-bond donors (Lipinski definition) is 1. The molecule has 0 bridgehead atoms. The second-order valence-corrected chi connectivity index (χ2v) is 10.9. The highest BCUT2D eigenvalue weighted by Crippen LogP contribution is 2.38. The number of carbonyl (C=O) groups is 1. The van der Waals surface area contributed by atoms with Gasteiger partial charge in [-0.15, -0.1) is 0 Å². The molecule has 1 aliphatic carbocycles. The lowest BCUT2D eigenvalue weighted by molar-refractivity contribution is -0.115. The summed E-state index contributed by atoms with van der Waals surface area (Å²) in [5, 5.41) is 13.7. The van der Waals surface area contributed by atoms with Crippen LogP contribution in [0.15, 0.2) is 29.3 Å². The second-order valence-electron chi connectivity index (χ2n) is 9.28. The lowest BCUT2D eigenvalue weighted by Gasteiger charge is -2.34. The van der Waals surface area contributed by atoms with Gasteiger partial charge in [0.15, 0.2) is 0 Å². The molecule has 0 saturated heterocycles. The highest BCUT2D eigenvalue weighted by molar-refractivity contribution is 8.00. The van der Waals surface area contributed by atoms with Gasteiger partial charge in [0.1, 0.15) is 11.1 Å². The van der Waals surface area contributed by atoms with Gasteiger partial charge in [-0.1, -0.05) is 57.1 Å². The Kier molecular flexibility index (Phi) is 7.34. The molecule has 2 aromatic rings. The molecule has 2 atom stereocenters. The Hall–Kier alpha value is -2.03. The summed E-state index contributed by atoms with van der Waals surface area (Å²) in [6.45, 7) is 10.7. The summed E-state index contributed by atoms with van der Waals surface area (Å²) in [5.41, 5.74) is 4.60. The number of nitrogens with one attached hydrogen (secondary N) is 1. The Balaban J connectivity index is 1.81. The molecule has 1 aromatic heterocycles. The predicted molar refractivity (Wildman–Crippen MR) is 129 cm³/mol. The smallest absolute Gasteiger partial charge is 0.237 e. The first kappa shape index (κ1) is 23.6. The third kappa shape index (κ3) is 5.42. The average molecular weight is 456 g/mol. The van der Waals surface area contributed by atoms with Crippen LogP contribution in [-0.2, 0) is 17.6 Å². The minimum absolute atomic E-state index is 0.103. The second kappa shape index (κ2) is 9.63. The van der Waals surface area contributed by atoms with Crippen LogP contribution in [0.5, 0.6) is 0 Å². The van der Waals surface area contributed by atoms with Crippen LogP contribution in [0.2, 0.25) is 5.02 Å². The fourth-order valence-electron chi connectivity index (χ4n) is 3.97. The van der Waals surface area contributed by atoms with Crippen LogP contribution in [0.1, 0.15) is 62.9 Å². The van der Waals surface area contributed by atoms with Gasteiger partial charge in [-0.2, -0.15) is 5.26 Å². The highest BCUT2D eigenvalue weighted by atomic mass is 35.5. The Bertz CT molecular complexity index is 1020. The molecule has 0 fully saturated rings. The number of nitrogens with zero attached hydrogens (tertiary/aromatic N) is 2. The van der Waals surface area contributed by atoms with Crippen molar-refractivity contribution < 1.29 is 4.79 Å². The van der Waals surface area contributed by atoms with E-state index in [1.54, 1.807) is 6.07 Å². The van der Waals surface area contributed by atoms with E-state index in [0.717, 1.165) is 30.5 Å². The number of rotatable bonds is 5. The van der Waals surface area contributed by atoms with Crippen LogP contribution >= 0.6 is 23.4 Å². The molecule has 2 unspecified atom stereocenters. The maximum atomic E-state index is 13.0. The lowest BCUT2D eigenvalue weighted by Crippen LogP contribution is -2.28. The summed E-state index contributed by atoms with van der Waals surface area (Å²) in [6, 6.07) is 9.77. The molecule has 1 aliphatic rings. The van der Waals surface area contributed by atoms with Crippen molar-refractivity contribution >= 4 is 35.0 Å². The molecule has 1 heterocycles. The zero-order valence-electron chi connectivity index (χ0n) is 18.9. The van der Waals surface area contributed by atoms with Crippen molar-refractivity contribution in [1.82, 2.24) is 4.98 Å². The van der Waals surface area contributed by atoms with Gasteiger partial charge >= 0.3 is 0 Å². The summed E-state index contributed by atoms with van der Waals surface area (Å²) in [4.78, 5) is 17.8. The van der Waals surface area contributed by atoms with Crippen molar-refractivity contribution in [2.75, 3.05) is 5.32 Å². The fraction of sp³-hybridized carbons (Fsp3) is 0.480. The first-order valence-corrected chi connectivity index (χ1v) is 12.0. The van der Waals surface area contributed by atoms with Gasteiger partial charge in [-0.25, -0.2) is 4.98 Å². The number of halogens is 1. The van der Waals surface area contributed by atoms with Crippen molar-refractivity contribution in [1.29, 1.82) is 5.26 Å². The summed E-state index contributed by atoms with van der Waals surface area (Å²) >= 11 is 7.56. The molecule has 1 N–H and O–H groups in total. The maximum Gasteiger partial charge on any atom is 0.237 e. The van der Waals surface area contributed by atoms with Gasteiger partial charge in [0.2, 0.25) is 5.91 Å². The van der Waals surface area contributed by atoms with Gasteiger partial charge in [0, 0.05) is 16.4 Å². The number of hydrogen-bond acceptors (Lipinski definition) is 4. The first-order chi connectivity index (χ1) is 14.6. The van der Waals surface area contributed by atoms with Gasteiger partial charge in [-0.3, -0.25) is 4.79 Å². The van der Waals surface area contributed by atoms with Crippen LogP contribution in [0.25, 0.3) is 0 Å². The summed E-state index contributed by atoms with van der Waals surface area (Å²) in [6.07, 6.45) is 3.61. The summed E-state index contributed by atoms with van der Waals surface area (Å²) < 4.78 is 0. The number of anilines is 1. The number of fused-ring (bicyclic) bond motifs is 1. The molecule has 3 rings (SSSR count). The van der Waals surface area contributed by atoms with Gasteiger partial charge in [-0.05, 0) is 73.3 Å². The first-order valence-electron chi connectivity index (χ1n) is 10.8. The molecule has 0 saturated carbocycles. The highest BCUT2D eigenvalue weighted by Gasteiger charge is 2.30. The van der Waals surface area contributed by atoms with E-state index in [-0.39, 0.29) is 16.6 Å². The number of nitriles is 1. The van der Waals surface area contributed by atoms with Crippen molar-refractivity contribution in [2.24, 2.45) is 11.3 Å². The molecule has 164 valence electrons. The topological polar surface area (TPSA) is 65.8 Å². The normalized spacial score (nSPS) is 16.9. The van der Waals surface area contributed by atoms with E-state index in [4.69, 9.17) is 16.6 Å². The molecule has 6 heteroatoms. The standard InChI is InChI=1S/C25H30ClN3OS/c1-6-22(23(30)28-20-9-7-8-19(26)15(20)2)31-24-17(14-27)12-16-13-18(25(3,4)5)10-11-21(16)29-24/h7-9,12,18,22H,6,10-11,13H2,1-5H3,(H,28,30). The molecule has 0 spiro atoms. The monoisotopic (exact) mass is 455 g/mol. The average Bonchev–Trinajstić information content (AvgIpc) is 2.73. The van der Waals surface area contributed by atoms with Crippen LogP contribution in [0.3, 0.4) is 0 Å². The van der Waals surface area contributed by atoms with E-state index in [2.05, 4.69) is 32.2 Å². The Morgan fingerprint density at radius 2 is 2.16 bits per heavy atom. The largest absolute Gasteiger partial charge is 0.325 e. The summed E-state index contributed by atoms with van der Waals surface area (Å²) in [7, 11) is 0. The van der Waals surface area contributed by atoms with Crippen molar-refractivity contribution in [3.05, 3.63) is 51.7 Å². The number of carbonyl (C=O) groups excluding carboxylic acids is 1. The Labute approximate surface area is 194 Å². The van der Waals surface area contributed by atoms with E-state index >= 15 is 0 Å². The van der Waals surface area contributed by atoms with E-state index < -0.39 is 0 Å². The minimum Gasteiger partial charge on any atom is -0.325 e. The third-order valence-electron chi connectivity index (χ3n) is 6.14. The Morgan fingerprint density at radius 1 is 1.42 bits per heavy atom. The zero-order chi connectivity index (χ0) is 22.8. The molecule has 31 heavy (non-hydrogen) atoms. The summed E-state index contributed by atoms with van der Waals surface area (Å²) in [5.74, 6) is 0.482. The lowest BCUT2D eigenvalue weighted by atomic mass is 9.71. The van der Waals surface area contributed by atoms with E-state index in [9.17, 15) is 10.1 Å².